The molecule has 0 bridgehead atoms. The average molecular weight is 976 g/mol. The van der Waals surface area contributed by atoms with E-state index in [4.69, 9.17) is 24.1 Å². The summed E-state index contributed by atoms with van der Waals surface area (Å²) in [4.78, 5) is 69.5. The van der Waals surface area contributed by atoms with Crippen molar-refractivity contribution in [3.05, 3.63) is 0 Å². The maximum absolute atomic E-state index is 12.0. The second-order valence-corrected chi connectivity index (χ2v) is 20.6. The van der Waals surface area contributed by atoms with E-state index in [-0.39, 0.29) is 78.7 Å². The number of nitrogens with one attached hydrogen (secondary N) is 9. The lowest BCUT2D eigenvalue weighted by Crippen LogP contribution is -2.36. The number of amides is 9. The molecular weight excluding hydrogens is 903 g/mol. The minimum absolute atomic E-state index is 0.00170. The summed E-state index contributed by atoms with van der Waals surface area (Å²) in [5.74, 6) is 2.97. The highest BCUT2D eigenvalue weighted by molar-refractivity contribution is 8.00. The Kier molecular flexibility index (Phi) is 24.8. The molecule has 10 N–H and O–H groups in total. The zero-order valence-electron chi connectivity index (χ0n) is 37.5. The van der Waals surface area contributed by atoms with E-state index in [0.29, 0.717) is 108 Å². The number of urea groups is 3. The highest BCUT2D eigenvalue weighted by Crippen LogP contribution is 2.35. The predicted molar refractivity (Wildman–Crippen MR) is 251 cm³/mol. The van der Waals surface area contributed by atoms with E-state index in [1.807, 2.05) is 35.3 Å². The van der Waals surface area contributed by atoms with Crippen molar-refractivity contribution in [1.29, 1.82) is 0 Å². The number of carbonyl (C=O) groups excluding carboxylic acids is 6. The summed E-state index contributed by atoms with van der Waals surface area (Å²) < 4.78 is 22.0. The van der Waals surface area contributed by atoms with E-state index in [0.717, 1.165) is 75.0 Å². The summed E-state index contributed by atoms with van der Waals surface area (Å²) in [7, 11) is 0. The van der Waals surface area contributed by atoms with Crippen molar-refractivity contribution in [2.45, 2.75) is 129 Å². The standard InChI is InChI=1S/C30H52N6O8S2.C12H21N3O3S/c37-25(7-3-1-5-23-27-21(19-45-23)33-29(39)35-27)31-9-11-41-13-15-43-17-18-44-16-14-42-12-10-32-26(38)8-4-2-6-24-28-22(20-46-24)34-30(40)36-28;16-6-5-13-10(17)4-2-1-3-9-11-8(7-19-9)14-12(18)15-11/h21-24,27-28H,1-20H2,(H,31,37)(H,32,38)(H2,33,35,39)(H2,34,36,40);8-9,11,16H,1-7H2,(H,13,17)(H2,14,15,18). The molecule has 20 nitrogen and oxygen atoms in total. The van der Waals surface area contributed by atoms with Gasteiger partial charge < -0.3 is 71.9 Å². The fraction of sp³-hybridized carbons (Fsp3) is 0.857. The van der Waals surface area contributed by atoms with Crippen LogP contribution in [-0.2, 0) is 33.3 Å². The molecule has 6 rings (SSSR count). The molecule has 6 heterocycles. The van der Waals surface area contributed by atoms with Crippen molar-refractivity contribution in [3.8, 4) is 0 Å². The molecule has 6 saturated heterocycles. The van der Waals surface area contributed by atoms with Crippen LogP contribution in [-0.4, -0.2) is 189 Å². The third kappa shape index (κ3) is 19.7. The fourth-order valence-corrected chi connectivity index (χ4v) is 13.2. The summed E-state index contributed by atoms with van der Waals surface area (Å²) >= 11 is 5.70. The summed E-state index contributed by atoms with van der Waals surface area (Å²) in [6.07, 6.45) is 10.0. The molecule has 9 atom stereocenters. The number of aliphatic hydroxyl groups excluding tert-OH is 1. The quantitative estimate of drug-likeness (QED) is 0.0326. The molecule has 0 aromatic carbocycles. The minimum atomic E-state index is -0.0620. The lowest BCUT2D eigenvalue weighted by molar-refractivity contribution is -0.122. The monoisotopic (exact) mass is 975 g/mol. The number of carbonyl (C=O) groups is 6. The first kappa shape index (κ1) is 53.0. The zero-order chi connectivity index (χ0) is 46.1. The molecule has 23 heteroatoms. The van der Waals surface area contributed by atoms with Gasteiger partial charge in [0.2, 0.25) is 17.7 Å². The Balaban J connectivity index is 0.000000347. The van der Waals surface area contributed by atoms with Gasteiger partial charge in [-0.3, -0.25) is 14.4 Å². The Morgan fingerprint density at radius 3 is 1.09 bits per heavy atom. The molecule has 0 saturated carbocycles. The van der Waals surface area contributed by atoms with Gasteiger partial charge in [0.05, 0.1) is 95.7 Å². The van der Waals surface area contributed by atoms with E-state index in [9.17, 15) is 28.8 Å². The number of ether oxygens (including phenoxy) is 4. The SMILES string of the molecule is O=C(CCCCC1SCC2NC(=O)NC21)NCCO.O=C(CCCCC1SCC2NC(=O)NC21)NCCOCCOCCOCCOCCNC(=O)CCCCC1SCC2NC(=O)NC21. The number of aliphatic hydroxyl groups is 1. The first-order valence-electron chi connectivity index (χ1n) is 23.5. The number of fused-ring (bicyclic) bond motifs is 3. The zero-order valence-corrected chi connectivity index (χ0v) is 40.0. The number of unbranched alkanes of at least 4 members (excludes halogenated alkanes) is 3. The van der Waals surface area contributed by atoms with Crippen molar-refractivity contribution < 1.29 is 52.8 Å². The molecule has 6 aliphatic heterocycles. The van der Waals surface area contributed by atoms with Gasteiger partial charge in [-0.2, -0.15) is 35.3 Å². The van der Waals surface area contributed by atoms with Gasteiger partial charge >= 0.3 is 18.1 Å². The van der Waals surface area contributed by atoms with Gasteiger partial charge in [-0.1, -0.05) is 19.3 Å². The van der Waals surface area contributed by atoms with Crippen LogP contribution in [0.5, 0.6) is 0 Å². The van der Waals surface area contributed by atoms with Crippen LogP contribution in [0.3, 0.4) is 0 Å². The Hall–Kier alpha value is -2.93. The van der Waals surface area contributed by atoms with Crippen molar-refractivity contribution in [1.82, 2.24) is 47.9 Å². The fourth-order valence-electron chi connectivity index (χ4n) is 8.57. The van der Waals surface area contributed by atoms with Crippen molar-refractivity contribution in [3.63, 3.8) is 0 Å². The maximum Gasteiger partial charge on any atom is 0.315 e. The Labute approximate surface area is 395 Å². The normalized spacial score (nSPS) is 26.9. The summed E-state index contributed by atoms with van der Waals surface area (Å²) in [5.41, 5.74) is 0. The van der Waals surface area contributed by atoms with Gasteiger partial charge in [-0.15, -0.1) is 0 Å². The molecule has 0 aromatic heterocycles. The van der Waals surface area contributed by atoms with E-state index >= 15 is 0 Å². The van der Waals surface area contributed by atoms with Crippen LogP contribution in [0, 0.1) is 0 Å². The molecule has 6 fully saturated rings. The molecule has 0 radical (unpaired) electrons. The molecule has 6 aliphatic rings. The van der Waals surface area contributed by atoms with Crippen LogP contribution in [0.25, 0.3) is 0 Å². The average Bonchev–Trinajstić information content (AvgIpc) is 4.15. The van der Waals surface area contributed by atoms with Crippen LogP contribution >= 0.6 is 35.3 Å². The van der Waals surface area contributed by atoms with Crippen molar-refractivity contribution in [2.75, 3.05) is 96.4 Å². The molecule has 0 aliphatic carbocycles. The van der Waals surface area contributed by atoms with Crippen LogP contribution in [0.4, 0.5) is 14.4 Å². The Morgan fingerprint density at radius 1 is 0.462 bits per heavy atom. The van der Waals surface area contributed by atoms with Gasteiger partial charge in [-0.05, 0) is 38.5 Å². The summed E-state index contributed by atoms with van der Waals surface area (Å²) in [6.45, 7) is 4.92. The molecule has 9 amide bonds. The first-order chi connectivity index (χ1) is 31.7. The Morgan fingerprint density at radius 2 is 0.769 bits per heavy atom. The second-order valence-electron chi connectivity index (χ2n) is 16.8. The number of hydrogen-bond acceptors (Lipinski definition) is 14. The van der Waals surface area contributed by atoms with Crippen LogP contribution in [0.15, 0.2) is 0 Å². The van der Waals surface area contributed by atoms with Gasteiger partial charge in [0, 0.05) is 71.9 Å². The maximum atomic E-state index is 12.0. The summed E-state index contributed by atoms with van der Waals surface area (Å²) in [5, 5.41) is 36.1. The van der Waals surface area contributed by atoms with Crippen molar-refractivity contribution in [2.24, 2.45) is 0 Å². The number of rotatable bonds is 32. The van der Waals surface area contributed by atoms with Gasteiger partial charge in [-0.25, -0.2) is 14.4 Å². The molecule has 9 unspecified atom stereocenters. The largest absolute Gasteiger partial charge is 0.395 e. The second kappa shape index (κ2) is 30.5. The van der Waals surface area contributed by atoms with Crippen LogP contribution < -0.4 is 47.9 Å². The van der Waals surface area contributed by atoms with E-state index in [1.165, 1.54) is 0 Å². The van der Waals surface area contributed by atoms with Gasteiger partial charge in [0.15, 0.2) is 0 Å². The molecule has 65 heavy (non-hydrogen) atoms. The first-order valence-corrected chi connectivity index (χ1v) is 26.6. The van der Waals surface area contributed by atoms with Gasteiger partial charge in [0.25, 0.3) is 0 Å². The smallest absolute Gasteiger partial charge is 0.315 e. The highest BCUT2D eigenvalue weighted by Gasteiger charge is 2.44. The minimum Gasteiger partial charge on any atom is -0.395 e. The third-order valence-corrected chi connectivity index (χ3v) is 16.5. The van der Waals surface area contributed by atoms with E-state index in [1.54, 1.807) is 0 Å². The molecule has 370 valence electrons. The van der Waals surface area contributed by atoms with Crippen LogP contribution in [0.1, 0.15) is 77.0 Å². The molecule has 0 aromatic rings. The summed E-state index contributed by atoms with van der Waals surface area (Å²) in [6, 6.07) is 1.28. The van der Waals surface area contributed by atoms with Crippen molar-refractivity contribution >= 4 is 71.1 Å². The third-order valence-electron chi connectivity index (χ3n) is 11.9. The Bertz CT molecular complexity index is 1420. The van der Waals surface area contributed by atoms with E-state index < -0.39 is 0 Å². The molecular formula is C42H73N9O11S3. The lowest BCUT2D eigenvalue weighted by Gasteiger charge is -2.16. The number of thioether (sulfide) groups is 3. The predicted octanol–water partition coefficient (Wildman–Crippen LogP) is 0.558. The molecule has 0 spiro atoms. The topological polar surface area (TPSA) is 268 Å². The van der Waals surface area contributed by atoms with Gasteiger partial charge in [0.1, 0.15) is 0 Å². The number of hydrogen-bond donors (Lipinski definition) is 10. The van der Waals surface area contributed by atoms with E-state index in [2.05, 4.69) is 47.9 Å². The lowest BCUT2D eigenvalue weighted by atomic mass is 10.0. The van der Waals surface area contributed by atoms with Crippen LogP contribution in [0.2, 0.25) is 0 Å². The highest BCUT2D eigenvalue weighted by atomic mass is 32.2.